The highest BCUT2D eigenvalue weighted by Gasteiger charge is 2.07. The van der Waals surface area contributed by atoms with Crippen molar-refractivity contribution < 1.29 is 14.3 Å². The van der Waals surface area contributed by atoms with Crippen LogP contribution in [0.25, 0.3) is 0 Å². The average Bonchev–Trinajstić information content (AvgIpc) is 2.44. The van der Waals surface area contributed by atoms with Gasteiger partial charge in [-0.05, 0) is 18.2 Å². The summed E-state index contributed by atoms with van der Waals surface area (Å²) in [6.45, 7) is 0.466. The second-order valence-electron chi connectivity index (χ2n) is 3.80. The minimum atomic E-state index is -0.462. The van der Waals surface area contributed by atoms with E-state index in [1.54, 1.807) is 0 Å². The van der Waals surface area contributed by atoms with Crippen molar-refractivity contribution in [2.45, 2.75) is 0 Å². The fourth-order valence-corrected chi connectivity index (χ4v) is 1.46. The zero-order chi connectivity index (χ0) is 13.5. The molecular weight excluding hydrogens is 244 g/mol. The third-order valence-electron chi connectivity index (χ3n) is 2.32. The molecule has 19 heavy (non-hydrogen) atoms. The summed E-state index contributed by atoms with van der Waals surface area (Å²) < 4.78 is 10.4. The lowest BCUT2D eigenvalue weighted by atomic mass is 10.3. The quantitative estimate of drug-likeness (QED) is 0.655. The summed E-state index contributed by atoms with van der Waals surface area (Å²) in [7, 11) is 0. The number of anilines is 1. The molecule has 0 aliphatic carbocycles. The minimum Gasteiger partial charge on any atom is -0.490 e. The average molecular weight is 258 g/mol. The van der Waals surface area contributed by atoms with Crippen LogP contribution in [-0.4, -0.2) is 24.2 Å². The molecule has 0 saturated heterocycles. The first-order valence-electron chi connectivity index (χ1n) is 5.81. The summed E-state index contributed by atoms with van der Waals surface area (Å²) >= 11 is 0. The van der Waals surface area contributed by atoms with Crippen molar-refractivity contribution in [3.05, 3.63) is 54.4 Å². The highest BCUT2D eigenvalue weighted by atomic mass is 16.6. The smallest absolute Gasteiger partial charge is 0.339 e. The lowest BCUT2D eigenvalue weighted by Gasteiger charge is -2.07. The van der Waals surface area contributed by atoms with E-state index in [9.17, 15) is 4.79 Å². The van der Waals surface area contributed by atoms with Crippen LogP contribution in [0.1, 0.15) is 10.4 Å². The molecular formula is C14H14N2O3. The molecule has 0 radical (unpaired) electrons. The largest absolute Gasteiger partial charge is 0.490 e. The number of benzene rings is 1. The van der Waals surface area contributed by atoms with Gasteiger partial charge < -0.3 is 15.2 Å². The Labute approximate surface area is 111 Å². The SMILES string of the molecule is Nc1cncc(C(=O)OCCOc2ccccc2)c1. The Morgan fingerprint density at radius 2 is 1.95 bits per heavy atom. The zero-order valence-corrected chi connectivity index (χ0v) is 10.3. The fourth-order valence-electron chi connectivity index (χ4n) is 1.46. The molecule has 0 aliphatic rings. The molecule has 98 valence electrons. The van der Waals surface area contributed by atoms with E-state index in [0.29, 0.717) is 17.9 Å². The van der Waals surface area contributed by atoms with Gasteiger partial charge in [0.25, 0.3) is 0 Å². The maximum absolute atomic E-state index is 11.6. The third-order valence-corrected chi connectivity index (χ3v) is 2.32. The maximum Gasteiger partial charge on any atom is 0.339 e. The van der Waals surface area contributed by atoms with E-state index < -0.39 is 5.97 Å². The molecule has 1 aromatic heterocycles. The van der Waals surface area contributed by atoms with Crippen LogP contribution < -0.4 is 10.5 Å². The highest BCUT2D eigenvalue weighted by Crippen LogP contribution is 2.08. The second-order valence-corrected chi connectivity index (χ2v) is 3.80. The van der Waals surface area contributed by atoms with Gasteiger partial charge >= 0.3 is 5.97 Å². The molecule has 5 heteroatoms. The molecule has 0 atom stereocenters. The van der Waals surface area contributed by atoms with Gasteiger partial charge in [0.2, 0.25) is 0 Å². The molecule has 2 rings (SSSR count). The molecule has 1 aromatic carbocycles. The van der Waals surface area contributed by atoms with Crippen LogP contribution in [0, 0.1) is 0 Å². The highest BCUT2D eigenvalue weighted by molar-refractivity contribution is 5.89. The standard InChI is InChI=1S/C14H14N2O3/c15-12-8-11(9-16-10-12)14(17)19-7-6-18-13-4-2-1-3-5-13/h1-5,8-10H,6-7,15H2. The van der Waals surface area contributed by atoms with E-state index in [-0.39, 0.29) is 6.61 Å². The van der Waals surface area contributed by atoms with Crippen LogP contribution in [0.4, 0.5) is 5.69 Å². The van der Waals surface area contributed by atoms with E-state index in [2.05, 4.69) is 4.98 Å². The van der Waals surface area contributed by atoms with E-state index in [1.807, 2.05) is 30.3 Å². The normalized spacial score (nSPS) is 9.89. The molecule has 0 amide bonds. The summed E-state index contributed by atoms with van der Waals surface area (Å²) in [4.78, 5) is 15.5. The number of pyridine rings is 1. The van der Waals surface area contributed by atoms with Crippen molar-refractivity contribution in [1.82, 2.24) is 4.98 Å². The third kappa shape index (κ3) is 3.99. The minimum absolute atomic E-state index is 0.169. The number of hydrogen-bond donors (Lipinski definition) is 1. The first kappa shape index (κ1) is 12.9. The Hall–Kier alpha value is -2.56. The van der Waals surface area contributed by atoms with Crippen molar-refractivity contribution in [3.8, 4) is 5.75 Å². The van der Waals surface area contributed by atoms with E-state index in [4.69, 9.17) is 15.2 Å². The molecule has 0 fully saturated rings. The molecule has 0 bridgehead atoms. The van der Waals surface area contributed by atoms with Gasteiger partial charge in [0.05, 0.1) is 11.3 Å². The number of carbonyl (C=O) groups is 1. The molecule has 0 saturated carbocycles. The maximum atomic E-state index is 11.6. The predicted octanol–water partition coefficient (Wildman–Crippen LogP) is 1.90. The number of hydrogen-bond acceptors (Lipinski definition) is 5. The van der Waals surface area contributed by atoms with Gasteiger partial charge in [-0.3, -0.25) is 4.98 Å². The fraction of sp³-hybridized carbons (Fsp3) is 0.143. The van der Waals surface area contributed by atoms with Gasteiger partial charge in [0.15, 0.2) is 0 Å². The molecule has 0 spiro atoms. The van der Waals surface area contributed by atoms with Crippen LogP contribution in [0.5, 0.6) is 5.75 Å². The van der Waals surface area contributed by atoms with Crippen molar-refractivity contribution in [2.75, 3.05) is 18.9 Å². The summed E-state index contributed by atoms with van der Waals surface area (Å²) in [6, 6.07) is 10.8. The number of carbonyl (C=O) groups excluding carboxylic acids is 1. The number of nitrogens with zero attached hydrogens (tertiary/aromatic N) is 1. The molecule has 2 N–H and O–H groups in total. The number of aromatic nitrogens is 1. The van der Waals surface area contributed by atoms with Crippen molar-refractivity contribution in [3.63, 3.8) is 0 Å². The monoisotopic (exact) mass is 258 g/mol. The van der Waals surface area contributed by atoms with Crippen LogP contribution in [0.3, 0.4) is 0 Å². The number of para-hydroxylation sites is 1. The Bertz CT molecular complexity index is 543. The van der Waals surface area contributed by atoms with Gasteiger partial charge in [-0.1, -0.05) is 18.2 Å². The second kappa shape index (κ2) is 6.39. The number of nitrogen functional groups attached to an aromatic ring is 1. The van der Waals surface area contributed by atoms with E-state index >= 15 is 0 Å². The van der Waals surface area contributed by atoms with Crippen LogP contribution in [0.2, 0.25) is 0 Å². The Morgan fingerprint density at radius 3 is 2.68 bits per heavy atom. The van der Waals surface area contributed by atoms with Gasteiger partial charge in [-0.25, -0.2) is 4.79 Å². The summed E-state index contributed by atoms with van der Waals surface area (Å²) in [5.41, 5.74) is 6.29. The zero-order valence-electron chi connectivity index (χ0n) is 10.3. The molecule has 1 heterocycles. The number of rotatable bonds is 5. The van der Waals surface area contributed by atoms with E-state index in [1.165, 1.54) is 18.5 Å². The van der Waals surface area contributed by atoms with Gasteiger partial charge in [0, 0.05) is 12.4 Å². The van der Waals surface area contributed by atoms with Gasteiger partial charge in [-0.2, -0.15) is 0 Å². The van der Waals surface area contributed by atoms with Crippen LogP contribution >= 0.6 is 0 Å². The van der Waals surface area contributed by atoms with Crippen molar-refractivity contribution in [2.24, 2.45) is 0 Å². The molecule has 5 nitrogen and oxygen atoms in total. The number of nitrogens with two attached hydrogens (primary N) is 1. The topological polar surface area (TPSA) is 74.4 Å². The lowest BCUT2D eigenvalue weighted by molar-refractivity contribution is 0.0450. The van der Waals surface area contributed by atoms with Gasteiger partial charge in [-0.15, -0.1) is 0 Å². The predicted molar refractivity (Wildman–Crippen MR) is 70.9 cm³/mol. The summed E-state index contributed by atoms with van der Waals surface area (Å²) in [6.07, 6.45) is 2.88. The molecule has 0 unspecified atom stereocenters. The Morgan fingerprint density at radius 1 is 1.16 bits per heavy atom. The Balaban J connectivity index is 1.75. The van der Waals surface area contributed by atoms with Crippen LogP contribution in [-0.2, 0) is 4.74 Å². The molecule has 2 aromatic rings. The lowest BCUT2D eigenvalue weighted by Crippen LogP contribution is -2.12. The summed E-state index contributed by atoms with van der Waals surface area (Å²) in [5.74, 6) is 0.278. The van der Waals surface area contributed by atoms with Gasteiger partial charge in [0.1, 0.15) is 19.0 Å². The number of ether oxygens (including phenoxy) is 2. The van der Waals surface area contributed by atoms with Crippen LogP contribution in [0.15, 0.2) is 48.8 Å². The Kier molecular flexibility index (Phi) is 4.34. The molecule has 0 aliphatic heterocycles. The first-order chi connectivity index (χ1) is 9.25. The first-order valence-corrected chi connectivity index (χ1v) is 5.81. The van der Waals surface area contributed by atoms with Crippen molar-refractivity contribution in [1.29, 1.82) is 0 Å². The van der Waals surface area contributed by atoms with E-state index in [0.717, 1.165) is 5.75 Å². The summed E-state index contributed by atoms with van der Waals surface area (Å²) in [5, 5.41) is 0. The number of esters is 1. The van der Waals surface area contributed by atoms with Crippen molar-refractivity contribution >= 4 is 11.7 Å².